The molecule has 1 fully saturated rings. The van der Waals surface area contributed by atoms with Gasteiger partial charge in [-0.15, -0.1) is 0 Å². The second-order valence-corrected chi connectivity index (χ2v) is 6.25. The van der Waals surface area contributed by atoms with Crippen LogP contribution in [0.5, 0.6) is 5.88 Å². The molecule has 1 aromatic carbocycles. The van der Waals surface area contributed by atoms with Crippen LogP contribution in [0.15, 0.2) is 30.5 Å². The van der Waals surface area contributed by atoms with Crippen LogP contribution in [-0.2, 0) is 6.18 Å². The molecule has 1 aliphatic rings. The molecule has 2 aromatic rings. The highest BCUT2D eigenvalue weighted by Crippen LogP contribution is 2.33. The molecular weight excluding hydrogens is 349 g/mol. The Hall–Kier alpha value is -2.64. The highest BCUT2D eigenvalue weighted by molar-refractivity contribution is 5.86. The normalized spacial score (nSPS) is 15.2. The summed E-state index contributed by atoms with van der Waals surface area (Å²) < 4.78 is 43.9. The number of aromatic carboxylic acids is 1. The summed E-state index contributed by atoms with van der Waals surface area (Å²) in [6, 6.07) is 4.32. The minimum atomic E-state index is -4.45. The van der Waals surface area contributed by atoms with E-state index in [9.17, 15) is 18.0 Å². The molecule has 1 aromatic heterocycles. The van der Waals surface area contributed by atoms with Gasteiger partial charge in [0.25, 0.3) is 0 Å². The Morgan fingerprint density at radius 1 is 1.19 bits per heavy atom. The minimum Gasteiger partial charge on any atom is -0.476 e. The zero-order chi connectivity index (χ0) is 18.7. The average Bonchev–Trinajstić information content (AvgIpc) is 3.12. The van der Waals surface area contributed by atoms with Crippen molar-refractivity contribution in [2.75, 3.05) is 6.61 Å². The molecule has 1 N–H and O–H groups in total. The number of nitrogens with zero attached hydrogens (tertiary/aromatic N) is 2. The van der Waals surface area contributed by atoms with Crippen molar-refractivity contribution >= 4 is 5.97 Å². The summed E-state index contributed by atoms with van der Waals surface area (Å²) in [6.07, 6.45) is 1.02. The van der Waals surface area contributed by atoms with Crippen molar-refractivity contribution in [2.24, 2.45) is 5.92 Å². The van der Waals surface area contributed by atoms with Crippen LogP contribution < -0.4 is 4.74 Å². The van der Waals surface area contributed by atoms with Gasteiger partial charge >= 0.3 is 12.1 Å². The van der Waals surface area contributed by atoms with E-state index >= 15 is 0 Å². The zero-order valence-corrected chi connectivity index (χ0v) is 13.8. The van der Waals surface area contributed by atoms with E-state index in [4.69, 9.17) is 9.84 Å². The molecule has 0 atom stereocenters. The van der Waals surface area contributed by atoms with Crippen LogP contribution in [0.25, 0.3) is 11.3 Å². The maximum Gasteiger partial charge on any atom is 0.416 e. The molecule has 5 nitrogen and oxygen atoms in total. The Morgan fingerprint density at radius 3 is 2.42 bits per heavy atom. The Balaban J connectivity index is 1.91. The summed E-state index contributed by atoms with van der Waals surface area (Å²) in [5.41, 5.74) is -0.656. The van der Waals surface area contributed by atoms with Crippen molar-refractivity contribution in [3.05, 3.63) is 41.7 Å². The molecular formula is C18H17F3N2O3. The second kappa shape index (κ2) is 7.31. The first kappa shape index (κ1) is 18.2. The molecule has 26 heavy (non-hydrogen) atoms. The number of rotatable bonds is 5. The number of hydrogen-bond acceptors (Lipinski definition) is 4. The first-order valence-corrected chi connectivity index (χ1v) is 8.25. The first-order valence-electron chi connectivity index (χ1n) is 8.25. The SMILES string of the molecule is O=C(O)c1cnc(OCC2CCCC2)c(-c2ccc(C(F)(F)F)cc2)n1. The predicted molar refractivity (Wildman–Crippen MR) is 86.9 cm³/mol. The fourth-order valence-corrected chi connectivity index (χ4v) is 2.97. The van der Waals surface area contributed by atoms with E-state index in [0.717, 1.165) is 44.0 Å². The zero-order valence-electron chi connectivity index (χ0n) is 13.8. The van der Waals surface area contributed by atoms with Crippen molar-refractivity contribution in [3.8, 4) is 17.1 Å². The summed E-state index contributed by atoms with van der Waals surface area (Å²) in [5.74, 6) is -0.744. The molecule has 0 bridgehead atoms. The predicted octanol–water partition coefficient (Wildman–Crippen LogP) is 4.43. The quantitative estimate of drug-likeness (QED) is 0.848. The molecule has 1 saturated carbocycles. The lowest BCUT2D eigenvalue weighted by Crippen LogP contribution is -2.12. The summed E-state index contributed by atoms with van der Waals surface area (Å²) in [4.78, 5) is 19.2. The van der Waals surface area contributed by atoms with Gasteiger partial charge in [0.1, 0.15) is 5.69 Å². The van der Waals surface area contributed by atoms with Gasteiger partial charge in [-0.2, -0.15) is 13.2 Å². The smallest absolute Gasteiger partial charge is 0.416 e. The average molecular weight is 366 g/mol. The number of alkyl halides is 3. The molecule has 0 aliphatic heterocycles. The standard InChI is InChI=1S/C18H17F3N2O3/c19-18(20,21)13-7-5-12(6-8-13)15-16(22-9-14(23-15)17(24)25)26-10-11-3-1-2-4-11/h5-9,11H,1-4,10H2,(H,24,25). The van der Waals surface area contributed by atoms with E-state index in [1.54, 1.807) is 0 Å². The van der Waals surface area contributed by atoms with Crippen LogP contribution in [-0.4, -0.2) is 27.7 Å². The Bertz CT molecular complexity index is 785. The van der Waals surface area contributed by atoms with Gasteiger partial charge < -0.3 is 9.84 Å². The minimum absolute atomic E-state index is 0.122. The van der Waals surface area contributed by atoms with E-state index in [1.807, 2.05) is 0 Å². The number of ether oxygens (including phenoxy) is 1. The lowest BCUT2D eigenvalue weighted by Gasteiger charge is -2.14. The summed E-state index contributed by atoms with van der Waals surface area (Å²) in [6.45, 7) is 0.425. The largest absolute Gasteiger partial charge is 0.476 e. The Labute approximate surface area is 147 Å². The third-order valence-corrected chi connectivity index (χ3v) is 4.37. The lowest BCUT2D eigenvalue weighted by molar-refractivity contribution is -0.137. The number of benzene rings is 1. The Morgan fingerprint density at radius 2 is 1.85 bits per heavy atom. The van der Waals surface area contributed by atoms with Crippen LogP contribution in [0, 0.1) is 5.92 Å². The van der Waals surface area contributed by atoms with E-state index in [-0.39, 0.29) is 17.3 Å². The molecule has 138 valence electrons. The monoisotopic (exact) mass is 366 g/mol. The van der Waals surface area contributed by atoms with Gasteiger partial charge in [0.15, 0.2) is 5.69 Å². The number of carbonyl (C=O) groups is 1. The molecule has 1 heterocycles. The number of aromatic nitrogens is 2. The third kappa shape index (κ3) is 4.12. The molecule has 0 unspecified atom stereocenters. The first-order chi connectivity index (χ1) is 12.3. The summed E-state index contributed by atoms with van der Waals surface area (Å²) in [5, 5.41) is 9.11. The van der Waals surface area contributed by atoms with Crippen molar-refractivity contribution < 1.29 is 27.8 Å². The van der Waals surface area contributed by atoms with Gasteiger partial charge in [0.2, 0.25) is 5.88 Å². The van der Waals surface area contributed by atoms with Gasteiger partial charge in [-0.25, -0.2) is 14.8 Å². The van der Waals surface area contributed by atoms with Gasteiger partial charge in [-0.05, 0) is 30.9 Å². The highest BCUT2D eigenvalue weighted by Gasteiger charge is 2.30. The topological polar surface area (TPSA) is 72.3 Å². The van der Waals surface area contributed by atoms with Crippen molar-refractivity contribution in [3.63, 3.8) is 0 Å². The van der Waals surface area contributed by atoms with Crippen LogP contribution in [0.4, 0.5) is 13.2 Å². The van der Waals surface area contributed by atoms with E-state index in [2.05, 4.69) is 9.97 Å². The molecule has 8 heteroatoms. The van der Waals surface area contributed by atoms with Gasteiger partial charge in [-0.3, -0.25) is 0 Å². The maximum absolute atomic E-state index is 12.7. The maximum atomic E-state index is 12.7. The number of halogens is 3. The fourth-order valence-electron chi connectivity index (χ4n) is 2.97. The van der Waals surface area contributed by atoms with Crippen LogP contribution in [0.2, 0.25) is 0 Å². The van der Waals surface area contributed by atoms with Gasteiger partial charge in [0, 0.05) is 5.56 Å². The third-order valence-electron chi connectivity index (χ3n) is 4.37. The Kier molecular flexibility index (Phi) is 5.11. The molecule has 0 saturated heterocycles. The van der Waals surface area contributed by atoms with Crippen molar-refractivity contribution in [2.45, 2.75) is 31.9 Å². The molecule has 1 aliphatic carbocycles. The molecule has 0 amide bonds. The van der Waals surface area contributed by atoms with Crippen molar-refractivity contribution in [1.29, 1.82) is 0 Å². The van der Waals surface area contributed by atoms with Gasteiger partial charge in [0.05, 0.1) is 18.4 Å². The number of hydrogen-bond donors (Lipinski definition) is 1. The number of carboxylic acids is 1. The van der Waals surface area contributed by atoms with E-state index in [0.29, 0.717) is 18.1 Å². The van der Waals surface area contributed by atoms with Crippen LogP contribution >= 0.6 is 0 Å². The fraction of sp³-hybridized carbons (Fsp3) is 0.389. The van der Waals surface area contributed by atoms with Crippen molar-refractivity contribution in [1.82, 2.24) is 9.97 Å². The number of carboxylic acid groups (broad SMARTS) is 1. The van der Waals surface area contributed by atoms with Crippen LogP contribution in [0.3, 0.4) is 0 Å². The van der Waals surface area contributed by atoms with E-state index in [1.165, 1.54) is 12.1 Å². The van der Waals surface area contributed by atoms with Crippen LogP contribution in [0.1, 0.15) is 41.7 Å². The van der Waals surface area contributed by atoms with Gasteiger partial charge in [-0.1, -0.05) is 25.0 Å². The molecule has 3 rings (SSSR count). The molecule has 0 spiro atoms. The summed E-state index contributed by atoms with van der Waals surface area (Å²) >= 11 is 0. The lowest BCUT2D eigenvalue weighted by atomic mass is 10.1. The second-order valence-electron chi connectivity index (χ2n) is 6.25. The molecule has 0 radical (unpaired) electrons. The summed E-state index contributed by atoms with van der Waals surface area (Å²) in [7, 11) is 0. The van der Waals surface area contributed by atoms with E-state index < -0.39 is 17.7 Å². The highest BCUT2D eigenvalue weighted by atomic mass is 19.4.